The molecule has 0 bridgehead atoms. The highest BCUT2D eigenvalue weighted by Gasteiger charge is 2.16. The first-order valence-electron chi connectivity index (χ1n) is 4.80. The molecule has 1 aliphatic rings. The molecule has 0 saturated carbocycles. The van der Waals surface area contributed by atoms with E-state index in [1.54, 1.807) is 0 Å². The third kappa shape index (κ3) is 1.75. The van der Waals surface area contributed by atoms with E-state index in [4.69, 9.17) is 17.3 Å². The van der Waals surface area contributed by atoms with Gasteiger partial charge in [-0.3, -0.25) is 0 Å². The first-order chi connectivity index (χ1) is 6.79. The van der Waals surface area contributed by atoms with Gasteiger partial charge in [0.05, 0.1) is 0 Å². The number of anilines is 2. The van der Waals surface area contributed by atoms with Gasteiger partial charge in [-0.1, -0.05) is 11.6 Å². The molecule has 2 heterocycles. The summed E-state index contributed by atoms with van der Waals surface area (Å²) in [7, 11) is 0. The third-order valence-electron chi connectivity index (χ3n) is 2.47. The summed E-state index contributed by atoms with van der Waals surface area (Å²) in [5.74, 6) is 0.782. The summed E-state index contributed by atoms with van der Waals surface area (Å²) >= 11 is 5.83. The maximum atomic E-state index is 5.83. The number of nitrogens with zero attached hydrogens (tertiary/aromatic N) is 3. The van der Waals surface area contributed by atoms with E-state index in [2.05, 4.69) is 14.9 Å². The first kappa shape index (κ1) is 9.52. The number of hydrogen-bond donors (Lipinski definition) is 1. The van der Waals surface area contributed by atoms with Crippen molar-refractivity contribution in [3.05, 3.63) is 11.5 Å². The summed E-state index contributed by atoms with van der Waals surface area (Å²) in [6.07, 6.45) is 5.14. The van der Waals surface area contributed by atoms with Gasteiger partial charge in [0.2, 0.25) is 0 Å². The molecule has 0 atom stereocenters. The van der Waals surface area contributed by atoms with Crippen molar-refractivity contribution in [2.45, 2.75) is 19.3 Å². The van der Waals surface area contributed by atoms with Crippen molar-refractivity contribution in [2.24, 2.45) is 0 Å². The van der Waals surface area contributed by atoms with Gasteiger partial charge in [-0.05, 0) is 19.3 Å². The lowest BCUT2D eigenvalue weighted by molar-refractivity contribution is 0.573. The highest BCUT2D eigenvalue weighted by Crippen LogP contribution is 2.27. The molecular weight excluding hydrogens is 200 g/mol. The summed E-state index contributed by atoms with van der Waals surface area (Å²) in [5, 5.41) is 0.348. The molecule has 1 aromatic rings. The number of nitrogens with two attached hydrogens (primary N) is 1. The van der Waals surface area contributed by atoms with Crippen LogP contribution in [0.25, 0.3) is 0 Å². The summed E-state index contributed by atoms with van der Waals surface area (Å²) in [5.41, 5.74) is 6.31. The average molecular weight is 213 g/mol. The second-order valence-corrected chi connectivity index (χ2v) is 3.81. The van der Waals surface area contributed by atoms with Crippen LogP contribution in [-0.2, 0) is 0 Å². The van der Waals surface area contributed by atoms with E-state index in [1.807, 2.05) is 0 Å². The van der Waals surface area contributed by atoms with Crippen LogP contribution in [0.3, 0.4) is 0 Å². The lowest BCUT2D eigenvalue weighted by Gasteiger charge is -2.28. The average Bonchev–Trinajstić information content (AvgIpc) is 2.23. The van der Waals surface area contributed by atoms with E-state index in [1.165, 1.54) is 25.6 Å². The minimum Gasteiger partial charge on any atom is -0.393 e. The second-order valence-electron chi connectivity index (χ2n) is 3.45. The number of nitrogen functional groups attached to an aromatic ring is 1. The van der Waals surface area contributed by atoms with Crippen LogP contribution < -0.4 is 10.6 Å². The molecule has 1 saturated heterocycles. The van der Waals surface area contributed by atoms with Gasteiger partial charge in [0.1, 0.15) is 12.0 Å². The van der Waals surface area contributed by atoms with Crippen LogP contribution in [-0.4, -0.2) is 23.1 Å². The van der Waals surface area contributed by atoms with Crippen molar-refractivity contribution in [1.82, 2.24) is 9.97 Å². The molecule has 76 valence electrons. The summed E-state index contributed by atoms with van der Waals surface area (Å²) in [6, 6.07) is 0. The molecule has 0 radical (unpaired) electrons. The van der Waals surface area contributed by atoms with Crippen molar-refractivity contribution >= 4 is 23.1 Å². The smallest absolute Gasteiger partial charge is 0.157 e. The lowest BCUT2D eigenvalue weighted by atomic mass is 10.1. The van der Waals surface area contributed by atoms with Crippen LogP contribution in [0.4, 0.5) is 11.5 Å². The number of rotatable bonds is 1. The fraction of sp³-hybridized carbons (Fsp3) is 0.556. The molecule has 2 rings (SSSR count). The Hall–Kier alpha value is -1.03. The van der Waals surface area contributed by atoms with E-state index < -0.39 is 0 Å². The van der Waals surface area contributed by atoms with Gasteiger partial charge in [0, 0.05) is 13.1 Å². The molecule has 0 unspecified atom stereocenters. The molecular formula is C9H13ClN4. The Labute approximate surface area is 88.1 Å². The number of hydrogen-bond acceptors (Lipinski definition) is 4. The van der Waals surface area contributed by atoms with E-state index in [9.17, 15) is 0 Å². The maximum absolute atomic E-state index is 5.83. The molecule has 1 aliphatic heterocycles. The highest BCUT2D eigenvalue weighted by atomic mass is 35.5. The standard InChI is InChI=1S/C9H13ClN4/c10-8-7(11)9(13-6-12-8)14-4-2-1-3-5-14/h6H,1-5,11H2. The minimum absolute atomic E-state index is 0.348. The van der Waals surface area contributed by atoms with E-state index in [-0.39, 0.29) is 0 Å². The van der Waals surface area contributed by atoms with Crippen molar-refractivity contribution in [3.8, 4) is 0 Å². The van der Waals surface area contributed by atoms with Crippen LogP contribution in [0.1, 0.15) is 19.3 Å². The second kappa shape index (κ2) is 4.00. The van der Waals surface area contributed by atoms with Gasteiger partial charge in [-0.2, -0.15) is 0 Å². The zero-order valence-electron chi connectivity index (χ0n) is 7.91. The molecule has 0 aliphatic carbocycles. The predicted molar refractivity (Wildman–Crippen MR) is 57.5 cm³/mol. The first-order valence-corrected chi connectivity index (χ1v) is 5.18. The van der Waals surface area contributed by atoms with Gasteiger partial charge < -0.3 is 10.6 Å². The molecule has 14 heavy (non-hydrogen) atoms. The van der Waals surface area contributed by atoms with Gasteiger partial charge in [-0.25, -0.2) is 9.97 Å². The Morgan fingerprint density at radius 2 is 1.93 bits per heavy atom. The van der Waals surface area contributed by atoms with Crippen molar-refractivity contribution < 1.29 is 0 Å². The van der Waals surface area contributed by atoms with Gasteiger partial charge in [0.15, 0.2) is 11.0 Å². The van der Waals surface area contributed by atoms with E-state index in [0.29, 0.717) is 10.8 Å². The zero-order valence-corrected chi connectivity index (χ0v) is 8.67. The SMILES string of the molecule is Nc1c(Cl)ncnc1N1CCCCC1. The Kier molecular flexibility index (Phi) is 2.72. The Bertz CT molecular complexity index is 323. The Morgan fingerprint density at radius 3 is 2.64 bits per heavy atom. The van der Waals surface area contributed by atoms with Crippen LogP contribution in [0, 0.1) is 0 Å². The van der Waals surface area contributed by atoms with Crippen LogP contribution >= 0.6 is 11.6 Å². The fourth-order valence-corrected chi connectivity index (χ4v) is 1.85. The summed E-state index contributed by atoms with van der Waals surface area (Å²) in [4.78, 5) is 10.2. The molecule has 1 aromatic heterocycles. The molecule has 0 aromatic carbocycles. The van der Waals surface area contributed by atoms with Crippen molar-refractivity contribution in [3.63, 3.8) is 0 Å². The number of piperidine rings is 1. The normalized spacial score (nSPS) is 17.1. The quantitative estimate of drug-likeness (QED) is 0.720. The molecule has 0 spiro atoms. The van der Waals surface area contributed by atoms with Gasteiger partial charge in [0.25, 0.3) is 0 Å². The number of halogens is 1. The van der Waals surface area contributed by atoms with E-state index in [0.717, 1.165) is 18.9 Å². The van der Waals surface area contributed by atoms with Gasteiger partial charge in [-0.15, -0.1) is 0 Å². The summed E-state index contributed by atoms with van der Waals surface area (Å²) < 4.78 is 0. The Morgan fingerprint density at radius 1 is 1.21 bits per heavy atom. The maximum Gasteiger partial charge on any atom is 0.157 e. The zero-order chi connectivity index (χ0) is 9.97. The van der Waals surface area contributed by atoms with Gasteiger partial charge >= 0.3 is 0 Å². The molecule has 2 N–H and O–H groups in total. The molecule has 1 fully saturated rings. The van der Waals surface area contributed by atoms with Crippen LogP contribution in [0.15, 0.2) is 6.33 Å². The molecule has 0 amide bonds. The minimum atomic E-state index is 0.348. The fourth-order valence-electron chi connectivity index (χ4n) is 1.72. The monoisotopic (exact) mass is 212 g/mol. The lowest BCUT2D eigenvalue weighted by Crippen LogP contribution is -2.31. The van der Waals surface area contributed by atoms with Crippen molar-refractivity contribution in [2.75, 3.05) is 23.7 Å². The van der Waals surface area contributed by atoms with Crippen LogP contribution in [0.5, 0.6) is 0 Å². The molecule has 4 nitrogen and oxygen atoms in total. The largest absolute Gasteiger partial charge is 0.393 e. The van der Waals surface area contributed by atoms with E-state index >= 15 is 0 Å². The third-order valence-corrected chi connectivity index (χ3v) is 2.77. The topological polar surface area (TPSA) is 55.0 Å². The highest BCUT2D eigenvalue weighted by molar-refractivity contribution is 6.32. The van der Waals surface area contributed by atoms with Crippen LogP contribution in [0.2, 0.25) is 5.15 Å². The predicted octanol–water partition coefficient (Wildman–Crippen LogP) is 1.70. The Balaban J connectivity index is 2.26. The van der Waals surface area contributed by atoms with Crippen molar-refractivity contribution in [1.29, 1.82) is 0 Å². The summed E-state index contributed by atoms with van der Waals surface area (Å²) in [6.45, 7) is 2.02. The number of aromatic nitrogens is 2. The molecule has 5 heteroatoms.